The highest BCUT2D eigenvalue weighted by molar-refractivity contribution is 7.97. The number of rotatable bonds is 4. The molecule has 126 valence electrons. The predicted molar refractivity (Wildman–Crippen MR) is 88.2 cm³/mol. The zero-order valence-electron chi connectivity index (χ0n) is 12.3. The highest BCUT2D eigenvalue weighted by Crippen LogP contribution is 2.34. The molecule has 24 heavy (non-hydrogen) atoms. The van der Waals surface area contributed by atoms with E-state index in [0.717, 1.165) is 25.3 Å². The molecule has 0 amide bonds. The largest absolute Gasteiger partial charge is 0.465 e. The second-order valence-electron chi connectivity index (χ2n) is 4.72. The highest BCUT2D eigenvalue weighted by atomic mass is 32.2. The summed E-state index contributed by atoms with van der Waals surface area (Å²) in [5.41, 5.74) is 0.147. The third-order valence-electron chi connectivity index (χ3n) is 3.23. The number of anilines is 1. The maximum atomic E-state index is 13.5. The van der Waals surface area contributed by atoms with E-state index in [1.807, 2.05) is 0 Å². The van der Waals surface area contributed by atoms with E-state index in [9.17, 15) is 17.6 Å². The molecule has 0 radical (unpaired) electrons. The summed E-state index contributed by atoms with van der Waals surface area (Å²) in [6.45, 7) is 0. The minimum Gasteiger partial charge on any atom is -0.465 e. The van der Waals surface area contributed by atoms with Gasteiger partial charge in [-0.15, -0.1) is 0 Å². The first-order valence-corrected chi connectivity index (χ1v) is 8.89. The van der Waals surface area contributed by atoms with E-state index in [-0.39, 0.29) is 16.2 Å². The number of halogens is 1. The zero-order valence-corrected chi connectivity index (χ0v) is 13.9. The van der Waals surface area contributed by atoms with Gasteiger partial charge in [-0.2, -0.15) is 0 Å². The average molecular weight is 369 g/mol. The number of carbonyl (C=O) groups is 1. The van der Waals surface area contributed by atoms with Crippen LogP contribution in [-0.2, 0) is 14.8 Å². The van der Waals surface area contributed by atoms with Crippen LogP contribution in [0.5, 0.6) is 0 Å². The molecule has 7 nitrogen and oxygen atoms in total. The maximum Gasteiger partial charge on any atom is 0.339 e. The van der Waals surface area contributed by atoms with Crippen molar-refractivity contribution in [2.24, 2.45) is 0 Å². The van der Waals surface area contributed by atoms with Crippen LogP contribution in [0.25, 0.3) is 0 Å². The summed E-state index contributed by atoms with van der Waals surface area (Å²) >= 11 is 1.20. The first-order chi connectivity index (χ1) is 11.4. The van der Waals surface area contributed by atoms with Crippen LogP contribution in [0, 0.1) is 5.82 Å². The fourth-order valence-corrected chi connectivity index (χ4v) is 4.13. The number of nitrogens with zero attached hydrogens (tertiary/aromatic N) is 1. The van der Waals surface area contributed by atoms with Crippen LogP contribution in [-0.4, -0.2) is 25.8 Å². The molecule has 2 N–H and O–H groups in total. The number of benzene rings is 1. The van der Waals surface area contributed by atoms with E-state index in [1.165, 1.54) is 24.4 Å². The van der Waals surface area contributed by atoms with Crippen LogP contribution in [0.15, 0.2) is 53.4 Å². The lowest BCUT2D eigenvalue weighted by molar-refractivity contribution is 0.0602. The summed E-state index contributed by atoms with van der Waals surface area (Å²) in [4.78, 5) is 11.7. The number of sulfonamides is 1. The fourth-order valence-electron chi connectivity index (χ4n) is 2.15. The molecule has 0 aromatic heterocycles. The lowest BCUT2D eigenvalue weighted by Gasteiger charge is -2.21. The van der Waals surface area contributed by atoms with Crippen molar-refractivity contribution in [3.8, 4) is 0 Å². The number of hydrogen-bond donors (Lipinski definition) is 2. The molecule has 0 saturated carbocycles. The molecule has 0 spiro atoms. The van der Waals surface area contributed by atoms with Gasteiger partial charge in [0.15, 0.2) is 0 Å². The van der Waals surface area contributed by atoms with E-state index in [0.29, 0.717) is 5.70 Å². The van der Waals surface area contributed by atoms with Crippen molar-refractivity contribution in [1.82, 2.24) is 9.03 Å². The number of nitrogens with one attached hydrogen (secondary N) is 2. The smallest absolute Gasteiger partial charge is 0.339 e. The fraction of sp³-hybridized carbons (Fsp3) is 0.0714. The lowest BCUT2D eigenvalue weighted by Crippen LogP contribution is -2.22. The van der Waals surface area contributed by atoms with Gasteiger partial charge in [-0.05, 0) is 30.4 Å². The quantitative estimate of drug-likeness (QED) is 0.620. The van der Waals surface area contributed by atoms with Crippen LogP contribution in [0.2, 0.25) is 0 Å². The lowest BCUT2D eigenvalue weighted by atomic mass is 10.2. The Bertz CT molecular complexity index is 893. The molecule has 0 aliphatic carbocycles. The van der Waals surface area contributed by atoms with Gasteiger partial charge in [0.25, 0.3) is 10.0 Å². The van der Waals surface area contributed by atoms with Crippen LogP contribution < -0.4 is 9.44 Å². The van der Waals surface area contributed by atoms with Gasteiger partial charge in [-0.1, -0.05) is 0 Å². The van der Waals surface area contributed by atoms with Crippen molar-refractivity contribution >= 4 is 33.8 Å². The molecule has 1 aromatic rings. The minimum atomic E-state index is -4.05. The average Bonchev–Trinajstić information content (AvgIpc) is 3.02. The Morgan fingerprint density at radius 1 is 1.42 bits per heavy atom. The van der Waals surface area contributed by atoms with E-state index < -0.39 is 21.8 Å². The normalized spacial score (nSPS) is 16.0. The van der Waals surface area contributed by atoms with Gasteiger partial charge in [0.05, 0.1) is 36.2 Å². The molecule has 2 aliphatic heterocycles. The van der Waals surface area contributed by atoms with Crippen molar-refractivity contribution in [3.05, 3.63) is 64.7 Å². The van der Waals surface area contributed by atoms with Crippen LogP contribution in [0.4, 0.5) is 10.1 Å². The summed E-state index contributed by atoms with van der Waals surface area (Å²) in [5.74, 6) is -1.46. The minimum absolute atomic E-state index is 0.0115. The second kappa shape index (κ2) is 6.21. The summed E-state index contributed by atoms with van der Waals surface area (Å²) in [6.07, 6.45) is 6.21. The number of allylic oxidation sites excluding steroid dienone is 2. The summed E-state index contributed by atoms with van der Waals surface area (Å²) in [7, 11) is -2.89. The Morgan fingerprint density at radius 3 is 2.96 bits per heavy atom. The molecule has 10 heteroatoms. The molecular formula is C14H12FN3O4S2. The van der Waals surface area contributed by atoms with Crippen LogP contribution >= 0.6 is 12.1 Å². The van der Waals surface area contributed by atoms with Crippen molar-refractivity contribution in [1.29, 1.82) is 0 Å². The molecule has 2 heterocycles. The van der Waals surface area contributed by atoms with E-state index in [1.54, 1.807) is 16.6 Å². The van der Waals surface area contributed by atoms with Crippen LogP contribution in [0.1, 0.15) is 10.4 Å². The summed E-state index contributed by atoms with van der Waals surface area (Å²) in [6, 6.07) is 3.14. The van der Waals surface area contributed by atoms with Gasteiger partial charge in [0, 0.05) is 12.4 Å². The summed E-state index contributed by atoms with van der Waals surface area (Å²) < 4.78 is 50.2. The highest BCUT2D eigenvalue weighted by Gasteiger charge is 2.30. The molecule has 1 aromatic carbocycles. The molecule has 0 bridgehead atoms. The Morgan fingerprint density at radius 2 is 2.21 bits per heavy atom. The van der Waals surface area contributed by atoms with Gasteiger partial charge in [-0.3, -0.25) is 9.03 Å². The van der Waals surface area contributed by atoms with Gasteiger partial charge in [-0.25, -0.2) is 17.6 Å². The van der Waals surface area contributed by atoms with E-state index in [2.05, 4.69) is 14.2 Å². The van der Waals surface area contributed by atoms with Crippen molar-refractivity contribution in [2.45, 2.75) is 0 Å². The van der Waals surface area contributed by atoms with Crippen LogP contribution in [0.3, 0.4) is 0 Å². The molecule has 3 rings (SSSR count). The molecule has 0 fully saturated rings. The topological polar surface area (TPSA) is 87.7 Å². The van der Waals surface area contributed by atoms with E-state index >= 15 is 0 Å². The Labute approximate surface area is 142 Å². The molecule has 0 atom stereocenters. The zero-order chi connectivity index (χ0) is 17.3. The van der Waals surface area contributed by atoms with Crippen molar-refractivity contribution in [2.75, 3.05) is 11.8 Å². The van der Waals surface area contributed by atoms with Crippen molar-refractivity contribution < 1.29 is 22.3 Å². The number of ether oxygens (including phenoxy) is 1. The van der Waals surface area contributed by atoms with Gasteiger partial charge < -0.3 is 9.46 Å². The predicted octanol–water partition coefficient (Wildman–Crippen LogP) is 2.08. The maximum absolute atomic E-state index is 13.5. The molecular weight excluding hydrogens is 357 g/mol. The molecule has 2 aliphatic rings. The number of hydrogen-bond acceptors (Lipinski definition) is 7. The monoisotopic (exact) mass is 369 g/mol. The number of fused-ring (bicyclic) bond motifs is 1. The standard InChI is InChI=1S/C14H12FN3O4S2/c1-22-14(19)10-5-4-9(15)7-11(10)17-24(20,21)13-3-2-6-18-12(13)8-16-23-18/h2-8,16-17H,1H3. The Balaban J connectivity index is 1.99. The summed E-state index contributed by atoms with van der Waals surface area (Å²) in [5, 5.41) is 0. The third-order valence-corrected chi connectivity index (χ3v) is 5.38. The second-order valence-corrected chi connectivity index (χ2v) is 7.19. The van der Waals surface area contributed by atoms with Gasteiger partial charge >= 0.3 is 5.97 Å². The number of esters is 1. The molecule has 0 saturated heterocycles. The van der Waals surface area contributed by atoms with Gasteiger partial charge in [0.1, 0.15) is 10.7 Å². The van der Waals surface area contributed by atoms with Gasteiger partial charge in [0.2, 0.25) is 0 Å². The first kappa shape index (κ1) is 16.4. The first-order valence-electron chi connectivity index (χ1n) is 6.64. The third kappa shape index (κ3) is 2.97. The van der Waals surface area contributed by atoms with Crippen molar-refractivity contribution in [3.63, 3.8) is 0 Å². The Hall–Kier alpha value is -2.46. The Kier molecular flexibility index (Phi) is 4.24. The number of carbonyl (C=O) groups excluding carboxylic acids is 1. The van der Waals surface area contributed by atoms with E-state index in [4.69, 9.17) is 0 Å². The number of methoxy groups -OCH3 is 1. The molecule has 0 unspecified atom stereocenters. The SMILES string of the molecule is COC(=O)c1ccc(F)cc1NS(=O)(=O)C1=CC=CN2SNC=C12.